The minimum atomic E-state index is 0.106. The molecule has 20 heavy (non-hydrogen) atoms. The fraction of sp³-hybridized carbons (Fsp3) is 0.294. The van der Waals surface area contributed by atoms with E-state index in [0.29, 0.717) is 5.92 Å². The van der Waals surface area contributed by atoms with Crippen LogP contribution in [0.4, 0.5) is 0 Å². The van der Waals surface area contributed by atoms with Gasteiger partial charge >= 0.3 is 0 Å². The summed E-state index contributed by atoms with van der Waals surface area (Å²) >= 11 is 3.53. The lowest BCUT2D eigenvalue weighted by molar-refractivity contribution is 0.123. The molecule has 2 aromatic rings. The summed E-state index contributed by atoms with van der Waals surface area (Å²) in [7, 11) is 1.67. The molecule has 3 heteroatoms. The molecule has 0 aromatic heterocycles. The molecule has 0 N–H and O–H groups in total. The third-order valence-electron chi connectivity index (χ3n) is 3.78. The second-order valence-corrected chi connectivity index (χ2v) is 6.08. The topological polar surface area (TPSA) is 18.5 Å². The van der Waals surface area contributed by atoms with E-state index >= 15 is 0 Å². The van der Waals surface area contributed by atoms with Gasteiger partial charge in [0.05, 0.1) is 11.6 Å². The van der Waals surface area contributed by atoms with E-state index in [4.69, 9.17) is 9.47 Å². The lowest BCUT2D eigenvalue weighted by Crippen LogP contribution is -2.23. The van der Waals surface area contributed by atoms with Crippen molar-refractivity contribution in [3.8, 4) is 11.5 Å². The standard InChI is InChI=1S/C17H17BrO2/c1-11-8-13-9-14(18)16(19-2)10-15(13)20-17(11)12-6-4-3-5-7-12/h3-7,9-11,17H,8H2,1-2H3/t11-,17-/m0/s1. The van der Waals surface area contributed by atoms with E-state index in [1.54, 1.807) is 7.11 Å². The molecule has 104 valence electrons. The number of hydrogen-bond acceptors (Lipinski definition) is 2. The summed E-state index contributed by atoms with van der Waals surface area (Å²) in [6, 6.07) is 14.5. The Morgan fingerprint density at radius 3 is 2.65 bits per heavy atom. The van der Waals surface area contributed by atoms with Gasteiger partial charge in [-0.1, -0.05) is 37.3 Å². The maximum Gasteiger partial charge on any atom is 0.136 e. The summed E-state index contributed by atoms with van der Waals surface area (Å²) in [6.07, 6.45) is 1.12. The maximum atomic E-state index is 6.23. The molecule has 2 nitrogen and oxygen atoms in total. The number of ether oxygens (including phenoxy) is 2. The van der Waals surface area contributed by atoms with Gasteiger partial charge in [0, 0.05) is 12.0 Å². The molecule has 2 aromatic carbocycles. The number of benzene rings is 2. The van der Waals surface area contributed by atoms with Crippen LogP contribution in [-0.2, 0) is 6.42 Å². The van der Waals surface area contributed by atoms with Crippen LogP contribution < -0.4 is 9.47 Å². The Balaban J connectivity index is 1.97. The zero-order valence-electron chi connectivity index (χ0n) is 11.6. The predicted molar refractivity (Wildman–Crippen MR) is 83.4 cm³/mol. The molecule has 0 fully saturated rings. The molecule has 1 heterocycles. The Morgan fingerprint density at radius 2 is 1.95 bits per heavy atom. The molecule has 3 rings (SSSR count). The number of rotatable bonds is 2. The van der Waals surface area contributed by atoms with Gasteiger partial charge in [-0.2, -0.15) is 0 Å². The normalized spacial score (nSPS) is 20.9. The molecule has 0 radical (unpaired) electrons. The van der Waals surface area contributed by atoms with Gasteiger partial charge in [-0.15, -0.1) is 0 Å². The number of fused-ring (bicyclic) bond motifs is 1. The van der Waals surface area contributed by atoms with Crippen molar-refractivity contribution >= 4 is 15.9 Å². The smallest absolute Gasteiger partial charge is 0.136 e. The Bertz CT molecular complexity index is 610. The summed E-state index contributed by atoms with van der Waals surface area (Å²) in [5, 5.41) is 0. The SMILES string of the molecule is COc1cc2c(cc1Br)C[C@H](C)[C@@H](c1ccccc1)O2. The molecule has 0 saturated carbocycles. The van der Waals surface area contributed by atoms with E-state index in [2.05, 4.69) is 53.2 Å². The highest BCUT2D eigenvalue weighted by molar-refractivity contribution is 9.10. The van der Waals surface area contributed by atoms with E-state index in [0.717, 1.165) is 22.4 Å². The highest BCUT2D eigenvalue weighted by Gasteiger charge is 2.28. The average molecular weight is 333 g/mol. The van der Waals surface area contributed by atoms with Crippen molar-refractivity contribution in [2.45, 2.75) is 19.4 Å². The van der Waals surface area contributed by atoms with Crippen molar-refractivity contribution in [1.29, 1.82) is 0 Å². The minimum Gasteiger partial charge on any atom is -0.495 e. The van der Waals surface area contributed by atoms with Crippen LogP contribution in [0.2, 0.25) is 0 Å². The van der Waals surface area contributed by atoms with Crippen molar-refractivity contribution in [3.63, 3.8) is 0 Å². The van der Waals surface area contributed by atoms with Crippen LogP contribution in [0.1, 0.15) is 24.2 Å². The summed E-state index contributed by atoms with van der Waals surface area (Å²) < 4.78 is 12.6. The van der Waals surface area contributed by atoms with Gasteiger partial charge in [0.2, 0.25) is 0 Å². The van der Waals surface area contributed by atoms with Crippen LogP contribution in [0, 0.1) is 5.92 Å². The summed E-state index contributed by atoms with van der Waals surface area (Å²) in [5.74, 6) is 2.19. The molecule has 0 unspecified atom stereocenters. The zero-order chi connectivity index (χ0) is 14.1. The molecule has 1 aliphatic heterocycles. The van der Waals surface area contributed by atoms with E-state index < -0.39 is 0 Å². The maximum absolute atomic E-state index is 6.23. The van der Waals surface area contributed by atoms with Crippen molar-refractivity contribution in [1.82, 2.24) is 0 Å². The lowest BCUT2D eigenvalue weighted by Gasteiger charge is -2.32. The van der Waals surface area contributed by atoms with Gasteiger partial charge in [-0.3, -0.25) is 0 Å². The summed E-state index contributed by atoms with van der Waals surface area (Å²) in [6.45, 7) is 2.23. The van der Waals surface area contributed by atoms with Crippen LogP contribution in [-0.4, -0.2) is 7.11 Å². The van der Waals surface area contributed by atoms with E-state index in [9.17, 15) is 0 Å². The average Bonchev–Trinajstić information content (AvgIpc) is 2.47. The van der Waals surface area contributed by atoms with Crippen LogP contribution in [0.25, 0.3) is 0 Å². The van der Waals surface area contributed by atoms with E-state index in [1.165, 1.54) is 11.1 Å². The van der Waals surface area contributed by atoms with Crippen LogP contribution >= 0.6 is 15.9 Å². The van der Waals surface area contributed by atoms with Crippen LogP contribution in [0.5, 0.6) is 11.5 Å². The number of halogens is 1. The first-order valence-electron chi connectivity index (χ1n) is 6.77. The molecule has 0 bridgehead atoms. The van der Waals surface area contributed by atoms with Crippen molar-refractivity contribution in [2.75, 3.05) is 7.11 Å². The minimum absolute atomic E-state index is 0.106. The monoisotopic (exact) mass is 332 g/mol. The van der Waals surface area contributed by atoms with E-state index in [-0.39, 0.29) is 6.10 Å². The Labute approximate surface area is 127 Å². The second kappa shape index (κ2) is 5.49. The van der Waals surface area contributed by atoms with E-state index in [1.807, 2.05) is 12.1 Å². The Kier molecular flexibility index (Phi) is 3.70. The highest BCUT2D eigenvalue weighted by atomic mass is 79.9. The predicted octanol–water partition coefficient (Wildman–Crippen LogP) is 4.77. The molecule has 0 amide bonds. The lowest BCUT2D eigenvalue weighted by atomic mass is 9.88. The van der Waals surface area contributed by atoms with Crippen LogP contribution in [0.15, 0.2) is 46.9 Å². The van der Waals surface area contributed by atoms with Crippen molar-refractivity contribution in [2.24, 2.45) is 5.92 Å². The fourth-order valence-electron chi connectivity index (χ4n) is 2.75. The molecule has 1 aliphatic rings. The third-order valence-corrected chi connectivity index (χ3v) is 4.40. The fourth-order valence-corrected chi connectivity index (χ4v) is 3.30. The number of hydrogen-bond donors (Lipinski definition) is 0. The largest absolute Gasteiger partial charge is 0.495 e. The molecular formula is C17H17BrO2. The van der Waals surface area contributed by atoms with Crippen LogP contribution in [0.3, 0.4) is 0 Å². The second-order valence-electron chi connectivity index (χ2n) is 5.23. The Hall–Kier alpha value is -1.48. The molecule has 2 atom stereocenters. The number of methoxy groups -OCH3 is 1. The molecule has 0 spiro atoms. The van der Waals surface area contributed by atoms with Gasteiger partial charge in [0.25, 0.3) is 0 Å². The van der Waals surface area contributed by atoms with Crippen molar-refractivity contribution < 1.29 is 9.47 Å². The molecule has 0 saturated heterocycles. The first-order valence-corrected chi connectivity index (χ1v) is 7.56. The first-order chi connectivity index (χ1) is 9.69. The Morgan fingerprint density at radius 1 is 1.20 bits per heavy atom. The van der Waals surface area contributed by atoms with Gasteiger partial charge in [0.15, 0.2) is 0 Å². The summed E-state index contributed by atoms with van der Waals surface area (Å²) in [4.78, 5) is 0. The molecular weight excluding hydrogens is 316 g/mol. The van der Waals surface area contributed by atoms with Gasteiger partial charge < -0.3 is 9.47 Å². The quantitative estimate of drug-likeness (QED) is 0.788. The summed E-state index contributed by atoms with van der Waals surface area (Å²) in [5.41, 5.74) is 2.46. The van der Waals surface area contributed by atoms with Gasteiger partial charge in [-0.05, 0) is 39.5 Å². The molecule has 0 aliphatic carbocycles. The zero-order valence-corrected chi connectivity index (χ0v) is 13.2. The van der Waals surface area contributed by atoms with Gasteiger partial charge in [-0.25, -0.2) is 0 Å². The highest BCUT2D eigenvalue weighted by Crippen LogP contribution is 2.42. The third kappa shape index (κ3) is 2.42. The van der Waals surface area contributed by atoms with Crippen molar-refractivity contribution in [3.05, 3.63) is 58.1 Å². The first kappa shape index (κ1) is 13.5. The van der Waals surface area contributed by atoms with Gasteiger partial charge in [0.1, 0.15) is 17.6 Å².